The summed E-state index contributed by atoms with van der Waals surface area (Å²) in [5, 5.41) is 13.1. The number of nitrogens with one attached hydrogen (secondary N) is 2. The van der Waals surface area contributed by atoms with E-state index in [-0.39, 0.29) is 12.3 Å². The van der Waals surface area contributed by atoms with E-state index in [2.05, 4.69) is 245 Å². The zero-order valence-electron chi connectivity index (χ0n) is 41.7. The van der Waals surface area contributed by atoms with Crippen molar-refractivity contribution in [2.45, 2.75) is 63.2 Å². The maximum atomic E-state index is 4.08. The van der Waals surface area contributed by atoms with Gasteiger partial charge >= 0.3 is 0 Å². The summed E-state index contributed by atoms with van der Waals surface area (Å²) in [6, 6.07) is 69.7. The van der Waals surface area contributed by atoms with Crippen molar-refractivity contribution in [2.24, 2.45) is 0 Å². The summed E-state index contributed by atoms with van der Waals surface area (Å²) in [5.74, 6) is 0.290. The lowest BCUT2D eigenvalue weighted by Crippen LogP contribution is -2.38. The van der Waals surface area contributed by atoms with Crippen LogP contribution in [0.15, 0.2) is 229 Å². The normalized spacial score (nSPS) is 21.2. The van der Waals surface area contributed by atoms with Gasteiger partial charge in [0.2, 0.25) is 0 Å². The molecule has 74 heavy (non-hydrogen) atoms. The zero-order chi connectivity index (χ0) is 48.8. The van der Waals surface area contributed by atoms with Crippen LogP contribution in [0.25, 0.3) is 54.9 Å². The van der Waals surface area contributed by atoms with E-state index in [9.17, 15) is 0 Å². The number of nitrogens with zero attached hydrogens (tertiary/aromatic N) is 3. The number of anilines is 5. The van der Waals surface area contributed by atoms with Gasteiger partial charge in [0.05, 0.1) is 33.9 Å². The molecule has 0 fully saturated rings. The molecule has 9 aromatic carbocycles. The number of allylic oxidation sites excluding steroid dienone is 7. The maximum Gasteiger partial charge on any atom is 0.126 e. The molecule has 0 saturated carbocycles. The smallest absolute Gasteiger partial charge is 0.126 e. The number of benzene rings is 9. The van der Waals surface area contributed by atoms with Crippen molar-refractivity contribution < 1.29 is 0 Å². The number of hydrogen-bond donors (Lipinski definition) is 2. The molecule has 0 amide bonds. The fourth-order valence-electron chi connectivity index (χ4n) is 14.9. The van der Waals surface area contributed by atoms with Gasteiger partial charge in [-0.3, -0.25) is 0 Å². The van der Waals surface area contributed by atoms with Gasteiger partial charge in [-0.2, -0.15) is 0 Å². The highest BCUT2D eigenvalue weighted by Crippen LogP contribution is 2.68. The quantitative estimate of drug-likeness (QED) is 0.162. The van der Waals surface area contributed by atoms with Crippen LogP contribution in [-0.4, -0.2) is 12.7 Å². The number of para-hydroxylation sites is 3. The molecule has 1 spiro atoms. The Labute approximate surface area is 433 Å². The molecular weight excluding hydrogens is 899 g/mol. The summed E-state index contributed by atoms with van der Waals surface area (Å²) in [7, 11) is 0. The molecule has 7 aliphatic rings. The highest BCUT2D eigenvalue weighted by Gasteiger charge is 2.56. The van der Waals surface area contributed by atoms with E-state index in [0.29, 0.717) is 5.92 Å². The summed E-state index contributed by atoms with van der Waals surface area (Å²) in [4.78, 5) is 7.78. The first kappa shape index (κ1) is 42.0. The molecule has 3 aliphatic carbocycles. The monoisotopic (exact) mass is 953 g/mol. The van der Waals surface area contributed by atoms with Crippen LogP contribution in [0.4, 0.5) is 28.4 Å². The predicted molar refractivity (Wildman–Crippen MR) is 307 cm³/mol. The molecule has 0 aromatic heterocycles. The summed E-state index contributed by atoms with van der Waals surface area (Å²) in [5.41, 5.74) is 25.7. The minimum absolute atomic E-state index is 0.0380. The Bertz CT molecular complexity index is 4030. The highest BCUT2D eigenvalue weighted by molar-refractivity contribution is 6.21. The summed E-state index contributed by atoms with van der Waals surface area (Å²) in [6.45, 7) is 5.47. The Morgan fingerprint density at radius 1 is 0.541 bits per heavy atom. The van der Waals surface area contributed by atoms with Crippen molar-refractivity contribution in [1.29, 1.82) is 0 Å². The third-order valence-corrected chi connectivity index (χ3v) is 17.8. The minimum Gasteiger partial charge on any atom is -0.364 e. The lowest BCUT2D eigenvalue weighted by atomic mass is 9.62. The van der Waals surface area contributed by atoms with Crippen LogP contribution in [0.2, 0.25) is 0 Å². The molecule has 4 unspecified atom stereocenters. The van der Waals surface area contributed by atoms with Crippen molar-refractivity contribution in [1.82, 2.24) is 5.32 Å². The highest BCUT2D eigenvalue weighted by atomic mass is 15.3. The fourth-order valence-corrected chi connectivity index (χ4v) is 14.9. The molecule has 2 N–H and O–H groups in total. The van der Waals surface area contributed by atoms with Crippen LogP contribution in [0, 0.1) is 0 Å². The minimum atomic E-state index is -0.526. The third kappa shape index (κ3) is 5.43. The van der Waals surface area contributed by atoms with Crippen molar-refractivity contribution in [2.75, 3.05) is 26.6 Å². The lowest BCUT2D eigenvalue weighted by Gasteiger charge is -2.45. The van der Waals surface area contributed by atoms with Gasteiger partial charge in [0.1, 0.15) is 12.3 Å². The van der Waals surface area contributed by atoms with Gasteiger partial charge in [0.25, 0.3) is 0 Å². The van der Waals surface area contributed by atoms with E-state index in [1.807, 2.05) is 0 Å². The SMILES string of the molecule is CCC1NC2=C(CCC=C2)N1c1cccc2c(-c3cccc4c3-c3ccccc3C43C4=C5C(CC=C4)c4ccccc4N5c4ccccc43)c3cccc(-c4cccc5c4NC(c4ccccc4)N5CC)c3cc12. The van der Waals surface area contributed by atoms with Crippen molar-refractivity contribution in [3.05, 3.63) is 257 Å². The van der Waals surface area contributed by atoms with Crippen LogP contribution < -0.4 is 25.3 Å². The maximum absolute atomic E-state index is 4.08. The molecule has 356 valence electrons. The van der Waals surface area contributed by atoms with Crippen LogP contribution in [0.1, 0.15) is 79.4 Å². The molecular formula is C69H55N5. The van der Waals surface area contributed by atoms with Gasteiger partial charge in [-0.1, -0.05) is 177 Å². The number of rotatable bonds is 6. The molecule has 0 radical (unpaired) electrons. The van der Waals surface area contributed by atoms with Crippen LogP contribution in [0.5, 0.6) is 0 Å². The second-order valence-corrected chi connectivity index (χ2v) is 21.1. The first-order valence-electron chi connectivity index (χ1n) is 27.0. The Morgan fingerprint density at radius 3 is 2.11 bits per heavy atom. The molecule has 9 aromatic rings. The van der Waals surface area contributed by atoms with Gasteiger partial charge in [0, 0.05) is 40.5 Å². The topological polar surface area (TPSA) is 33.8 Å². The van der Waals surface area contributed by atoms with Crippen LogP contribution >= 0.6 is 0 Å². The first-order chi connectivity index (χ1) is 36.7. The number of fused-ring (bicyclic) bond motifs is 15. The predicted octanol–water partition coefficient (Wildman–Crippen LogP) is 16.8. The first-order valence-corrected chi connectivity index (χ1v) is 27.0. The average Bonchev–Trinajstić information content (AvgIpc) is 4.30. The van der Waals surface area contributed by atoms with Crippen molar-refractivity contribution in [3.63, 3.8) is 0 Å². The van der Waals surface area contributed by atoms with E-state index in [1.165, 1.54) is 134 Å². The molecule has 16 rings (SSSR count). The summed E-state index contributed by atoms with van der Waals surface area (Å²) < 4.78 is 0. The average molecular weight is 954 g/mol. The van der Waals surface area contributed by atoms with Gasteiger partial charge in [0.15, 0.2) is 0 Å². The summed E-state index contributed by atoms with van der Waals surface area (Å²) >= 11 is 0. The van der Waals surface area contributed by atoms with Gasteiger partial charge in [-0.25, -0.2) is 0 Å². The second-order valence-electron chi connectivity index (χ2n) is 21.1. The van der Waals surface area contributed by atoms with Crippen molar-refractivity contribution >= 4 is 50.0 Å². The van der Waals surface area contributed by atoms with E-state index >= 15 is 0 Å². The Hall–Kier alpha value is -8.54. The van der Waals surface area contributed by atoms with Crippen LogP contribution in [-0.2, 0) is 5.41 Å². The second kappa shape index (κ2) is 15.7. The molecule has 4 heterocycles. The van der Waals surface area contributed by atoms with E-state index in [4.69, 9.17) is 0 Å². The Balaban J connectivity index is 0.998. The largest absolute Gasteiger partial charge is 0.364 e. The number of hydrogen-bond acceptors (Lipinski definition) is 5. The van der Waals surface area contributed by atoms with E-state index in [1.54, 1.807) is 0 Å². The Kier molecular flexibility index (Phi) is 8.93. The van der Waals surface area contributed by atoms with Gasteiger partial charge in [-0.15, -0.1) is 0 Å². The standard InChI is InChI=1S/C69H55N5/c1-3-63-70-57-35-12-15-38-61(57)73(63)59-39-19-27-46-52(59)41-51-43(47-28-20-40-62-66(47)71-68(72(62)4-2)42-21-6-5-7-22-42)25-16-26-45(51)64(46)50-30-18-33-55-65(50)49-24-8-10-31-53(49)69(55)54-32-11-14-37-60(54)74-58-36-13-9-23-44(58)48-29-17-34-56(69)67(48)74/h5-14,16-28,30-37,39-41,48,63,68,70-71H,3-4,15,29,38H2,1-2H3. The fraction of sp³-hybridized carbons (Fsp3) is 0.159. The zero-order valence-corrected chi connectivity index (χ0v) is 41.7. The molecule has 0 saturated heterocycles. The lowest BCUT2D eigenvalue weighted by molar-refractivity contribution is 0.589. The van der Waals surface area contributed by atoms with Crippen LogP contribution in [0.3, 0.4) is 0 Å². The van der Waals surface area contributed by atoms with Gasteiger partial charge in [-0.05, 0) is 146 Å². The molecule has 4 atom stereocenters. The van der Waals surface area contributed by atoms with E-state index < -0.39 is 5.41 Å². The third-order valence-electron chi connectivity index (χ3n) is 17.8. The van der Waals surface area contributed by atoms with E-state index in [0.717, 1.165) is 32.2 Å². The molecule has 0 bridgehead atoms. The van der Waals surface area contributed by atoms with Gasteiger partial charge < -0.3 is 25.3 Å². The van der Waals surface area contributed by atoms with Crippen molar-refractivity contribution in [3.8, 4) is 33.4 Å². The summed E-state index contributed by atoms with van der Waals surface area (Å²) in [6.07, 6.45) is 13.8. The molecule has 5 heteroatoms. The Morgan fingerprint density at radius 2 is 1.23 bits per heavy atom. The molecule has 4 aliphatic heterocycles. The molecule has 5 nitrogen and oxygen atoms in total.